The van der Waals surface area contributed by atoms with Crippen LogP contribution < -0.4 is 0 Å². The first-order valence-electron chi connectivity index (χ1n) is 5.92. The first kappa shape index (κ1) is 11.0. The highest BCUT2D eigenvalue weighted by atomic mass is 16.5. The molecule has 2 aromatic rings. The Labute approximate surface area is 105 Å². The average Bonchev–Trinajstić information content (AvgIpc) is 2.68. The molecule has 3 rings (SSSR count). The van der Waals surface area contributed by atoms with Crippen molar-refractivity contribution in [2.45, 2.75) is 13.0 Å². The minimum absolute atomic E-state index is 0.341. The normalized spacial score (nSPS) is 15.1. The summed E-state index contributed by atoms with van der Waals surface area (Å²) in [6, 6.07) is 10.1. The van der Waals surface area contributed by atoms with Gasteiger partial charge in [-0.05, 0) is 19.1 Å². The number of hydrogen-bond acceptors (Lipinski definition) is 3. The van der Waals surface area contributed by atoms with Gasteiger partial charge in [0.15, 0.2) is 0 Å². The van der Waals surface area contributed by atoms with Crippen molar-refractivity contribution in [3.05, 3.63) is 41.7 Å². The fourth-order valence-electron chi connectivity index (χ4n) is 2.15. The molecule has 1 fully saturated rings. The van der Waals surface area contributed by atoms with Crippen molar-refractivity contribution in [2.75, 3.05) is 13.2 Å². The van der Waals surface area contributed by atoms with Gasteiger partial charge < -0.3 is 9.30 Å². The number of benzene rings is 1. The lowest BCUT2D eigenvalue weighted by atomic mass is 10.1. The number of imidazole rings is 1. The average molecular weight is 239 g/mol. The Morgan fingerprint density at radius 3 is 2.83 bits per heavy atom. The number of nitrogens with zero attached hydrogens (tertiary/aromatic N) is 3. The highest BCUT2D eigenvalue weighted by Crippen LogP contribution is 2.28. The highest BCUT2D eigenvalue weighted by molar-refractivity contribution is 5.65. The molecule has 4 nitrogen and oxygen atoms in total. The second-order valence-electron chi connectivity index (χ2n) is 4.46. The summed E-state index contributed by atoms with van der Waals surface area (Å²) in [7, 11) is 0. The predicted molar refractivity (Wildman–Crippen MR) is 67.0 cm³/mol. The number of rotatable bonds is 2. The van der Waals surface area contributed by atoms with E-state index in [1.165, 1.54) is 0 Å². The topological polar surface area (TPSA) is 50.8 Å². The lowest BCUT2D eigenvalue weighted by Crippen LogP contribution is -2.30. The van der Waals surface area contributed by atoms with Crippen LogP contribution in [0.15, 0.2) is 30.5 Å². The van der Waals surface area contributed by atoms with Crippen LogP contribution in [0.3, 0.4) is 0 Å². The third kappa shape index (κ3) is 1.69. The number of ether oxygens (including phenoxy) is 1. The first-order valence-corrected chi connectivity index (χ1v) is 5.92. The Bertz CT molecular complexity index is 620. The Hall–Kier alpha value is -2.12. The fourth-order valence-corrected chi connectivity index (χ4v) is 2.15. The van der Waals surface area contributed by atoms with Gasteiger partial charge >= 0.3 is 0 Å². The lowest BCUT2D eigenvalue weighted by molar-refractivity contribution is -0.0226. The fraction of sp³-hybridized carbons (Fsp3) is 0.286. The second kappa shape index (κ2) is 4.28. The molecule has 90 valence electrons. The molecule has 1 saturated heterocycles. The minimum Gasteiger partial charge on any atom is -0.377 e. The van der Waals surface area contributed by atoms with Crippen molar-refractivity contribution >= 4 is 0 Å². The van der Waals surface area contributed by atoms with Crippen molar-refractivity contribution in [1.29, 1.82) is 5.26 Å². The van der Waals surface area contributed by atoms with Crippen LogP contribution >= 0.6 is 0 Å². The van der Waals surface area contributed by atoms with Gasteiger partial charge in [0.2, 0.25) is 0 Å². The predicted octanol–water partition coefficient (Wildman–Crippen LogP) is 2.30. The van der Waals surface area contributed by atoms with Crippen molar-refractivity contribution < 1.29 is 4.74 Å². The Morgan fingerprint density at radius 2 is 2.17 bits per heavy atom. The van der Waals surface area contributed by atoms with Crippen LogP contribution in [0.4, 0.5) is 0 Å². The third-order valence-corrected chi connectivity index (χ3v) is 3.16. The number of nitriles is 1. The molecule has 0 N–H and O–H groups in total. The summed E-state index contributed by atoms with van der Waals surface area (Å²) in [6.07, 6.45) is 2.02. The Morgan fingerprint density at radius 1 is 1.39 bits per heavy atom. The van der Waals surface area contributed by atoms with Crippen LogP contribution in [0.5, 0.6) is 0 Å². The van der Waals surface area contributed by atoms with Crippen LogP contribution in [0.2, 0.25) is 0 Å². The zero-order chi connectivity index (χ0) is 12.5. The molecule has 18 heavy (non-hydrogen) atoms. The van der Waals surface area contributed by atoms with E-state index in [0.29, 0.717) is 11.6 Å². The van der Waals surface area contributed by atoms with E-state index in [1.54, 1.807) is 0 Å². The van der Waals surface area contributed by atoms with E-state index in [9.17, 15) is 5.26 Å². The monoisotopic (exact) mass is 239 g/mol. The Balaban J connectivity index is 2.13. The van der Waals surface area contributed by atoms with Crippen LogP contribution in [-0.4, -0.2) is 22.8 Å². The van der Waals surface area contributed by atoms with Gasteiger partial charge in [0, 0.05) is 11.8 Å². The van der Waals surface area contributed by atoms with E-state index in [0.717, 1.165) is 30.3 Å². The molecule has 1 aliphatic rings. The van der Waals surface area contributed by atoms with Gasteiger partial charge in [0.1, 0.15) is 5.82 Å². The van der Waals surface area contributed by atoms with E-state index in [2.05, 4.69) is 15.6 Å². The largest absolute Gasteiger partial charge is 0.377 e. The Kier molecular flexibility index (Phi) is 2.62. The van der Waals surface area contributed by atoms with E-state index < -0.39 is 0 Å². The summed E-state index contributed by atoms with van der Waals surface area (Å²) in [4.78, 5) is 4.55. The molecule has 1 aromatic carbocycles. The SMILES string of the molecule is Cc1cn(C2COC2)c(-c2ccccc2C#N)n1. The maximum absolute atomic E-state index is 9.18. The summed E-state index contributed by atoms with van der Waals surface area (Å²) < 4.78 is 7.35. The van der Waals surface area contributed by atoms with Crippen molar-refractivity contribution in [2.24, 2.45) is 0 Å². The van der Waals surface area contributed by atoms with Gasteiger partial charge in [-0.25, -0.2) is 4.98 Å². The van der Waals surface area contributed by atoms with Crippen LogP contribution in [0.1, 0.15) is 17.3 Å². The van der Waals surface area contributed by atoms with E-state index in [1.807, 2.05) is 37.4 Å². The van der Waals surface area contributed by atoms with E-state index >= 15 is 0 Å². The molecule has 0 saturated carbocycles. The van der Waals surface area contributed by atoms with Gasteiger partial charge in [0.05, 0.1) is 36.6 Å². The summed E-state index contributed by atoms with van der Waals surface area (Å²) in [5, 5.41) is 9.18. The molecule has 1 aromatic heterocycles. The van der Waals surface area contributed by atoms with Crippen molar-refractivity contribution in [1.82, 2.24) is 9.55 Å². The maximum Gasteiger partial charge on any atom is 0.141 e. The number of hydrogen-bond donors (Lipinski definition) is 0. The summed E-state index contributed by atoms with van der Waals surface area (Å²) >= 11 is 0. The molecule has 0 spiro atoms. The van der Waals surface area contributed by atoms with E-state index in [4.69, 9.17) is 4.74 Å². The molecule has 0 unspecified atom stereocenters. The molecule has 1 aliphatic heterocycles. The lowest BCUT2D eigenvalue weighted by Gasteiger charge is -2.28. The van der Waals surface area contributed by atoms with Gasteiger partial charge in [-0.3, -0.25) is 0 Å². The van der Waals surface area contributed by atoms with Crippen LogP contribution in [0.25, 0.3) is 11.4 Å². The highest BCUT2D eigenvalue weighted by Gasteiger charge is 2.24. The standard InChI is InChI=1S/C14H13N3O/c1-10-7-17(12-8-18-9-12)14(16-10)13-5-3-2-4-11(13)6-15/h2-5,7,12H,8-9H2,1H3. The van der Waals surface area contributed by atoms with E-state index in [-0.39, 0.29) is 0 Å². The van der Waals surface area contributed by atoms with Crippen LogP contribution in [0, 0.1) is 18.3 Å². The van der Waals surface area contributed by atoms with Gasteiger partial charge in [0.25, 0.3) is 0 Å². The minimum atomic E-state index is 0.341. The smallest absolute Gasteiger partial charge is 0.141 e. The molecular weight excluding hydrogens is 226 g/mol. The van der Waals surface area contributed by atoms with Gasteiger partial charge in [-0.1, -0.05) is 12.1 Å². The van der Waals surface area contributed by atoms with Gasteiger partial charge in [-0.15, -0.1) is 0 Å². The maximum atomic E-state index is 9.18. The van der Waals surface area contributed by atoms with Gasteiger partial charge in [-0.2, -0.15) is 5.26 Å². The number of aromatic nitrogens is 2. The van der Waals surface area contributed by atoms with Crippen molar-refractivity contribution in [3.63, 3.8) is 0 Å². The van der Waals surface area contributed by atoms with Crippen molar-refractivity contribution in [3.8, 4) is 17.5 Å². The molecule has 2 heterocycles. The molecule has 0 atom stereocenters. The quantitative estimate of drug-likeness (QED) is 0.808. The van der Waals surface area contributed by atoms with Crippen LogP contribution in [-0.2, 0) is 4.74 Å². The molecular formula is C14H13N3O. The second-order valence-corrected chi connectivity index (χ2v) is 4.46. The zero-order valence-corrected chi connectivity index (χ0v) is 10.1. The zero-order valence-electron chi connectivity index (χ0n) is 10.1. The molecule has 0 radical (unpaired) electrons. The summed E-state index contributed by atoms with van der Waals surface area (Å²) in [5.74, 6) is 0.859. The molecule has 0 amide bonds. The summed E-state index contributed by atoms with van der Waals surface area (Å²) in [6.45, 7) is 3.41. The molecule has 0 bridgehead atoms. The molecule has 4 heteroatoms. The first-order chi connectivity index (χ1) is 8.79. The summed E-state index contributed by atoms with van der Waals surface area (Å²) in [5.41, 5.74) is 2.51. The number of aryl methyl sites for hydroxylation is 1. The third-order valence-electron chi connectivity index (χ3n) is 3.16. The molecule has 0 aliphatic carbocycles.